The van der Waals surface area contributed by atoms with E-state index in [-0.39, 0.29) is 17.7 Å². The molecule has 1 aromatic carbocycles. The quantitative estimate of drug-likeness (QED) is 0.686. The number of ether oxygens (including phenoxy) is 2. The molecule has 1 amide bonds. The van der Waals surface area contributed by atoms with Gasteiger partial charge in [0.15, 0.2) is 17.3 Å². The van der Waals surface area contributed by atoms with Crippen LogP contribution in [0.4, 0.5) is 5.82 Å². The fraction of sp³-hybridized carbons (Fsp3) is 0.364. The maximum Gasteiger partial charge on any atom is 0.227 e. The molecule has 1 aliphatic heterocycles. The molecule has 156 valence electrons. The summed E-state index contributed by atoms with van der Waals surface area (Å²) in [6, 6.07) is 11.2. The van der Waals surface area contributed by atoms with E-state index in [1.807, 2.05) is 51.1 Å². The van der Waals surface area contributed by atoms with Crippen molar-refractivity contribution in [2.45, 2.75) is 39.0 Å². The molecule has 8 nitrogen and oxygen atoms in total. The third-order valence-electron chi connectivity index (χ3n) is 4.56. The van der Waals surface area contributed by atoms with Gasteiger partial charge in [-0.2, -0.15) is 4.98 Å². The lowest BCUT2D eigenvalue weighted by Crippen LogP contribution is -2.15. The minimum Gasteiger partial charge on any atom is -0.486 e. The zero-order valence-corrected chi connectivity index (χ0v) is 17.3. The fourth-order valence-electron chi connectivity index (χ4n) is 2.95. The number of anilines is 1. The fourth-order valence-corrected chi connectivity index (χ4v) is 2.95. The number of aryl methyl sites for hydroxylation is 1. The molecule has 0 bridgehead atoms. The normalized spacial score (nSPS) is 13.2. The third kappa shape index (κ3) is 4.59. The standard InChI is InChI=1S/C22H24N4O4/c1-22(2,3)21-25-20(30-26-21)10-9-19(27)24-18-6-4-5-15(23-18)14-7-8-16-17(13-14)29-12-11-28-16/h4-8,13H,9-12H2,1-3H3,(H,23,24,27). The molecule has 0 unspecified atom stereocenters. The van der Waals surface area contributed by atoms with Gasteiger partial charge in [-0.15, -0.1) is 0 Å². The molecule has 0 aliphatic carbocycles. The van der Waals surface area contributed by atoms with Crippen molar-refractivity contribution in [2.24, 2.45) is 0 Å². The molecule has 0 radical (unpaired) electrons. The van der Waals surface area contributed by atoms with Crippen molar-refractivity contribution in [1.82, 2.24) is 15.1 Å². The van der Waals surface area contributed by atoms with E-state index >= 15 is 0 Å². The van der Waals surface area contributed by atoms with Crippen LogP contribution >= 0.6 is 0 Å². The van der Waals surface area contributed by atoms with Crippen molar-refractivity contribution in [1.29, 1.82) is 0 Å². The lowest BCUT2D eigenvalue weighted by atomic mass is 9.96. The molecule has 3 aromatic rings. The number of benzene rings is 1. The van der Waals surface area contributed by atoms with Gasteiger partial charge in [0, 0.05) is 23.8 Å². The molecular formula is C22H24N4O4. The predicted octanol–water partition coefficient (Wildman–Crippen LogP) is 3.77. The van der Waals surface area contributed by atoms with Crippen LogP contribution in [-0.2, 0) is 16.6 Å². The van der Waals surface area contributed by atoms with Crippen LogP contribution in [0, 0.1) is 0 Å². The van der Waals surface area contributed by atoms with Crippen molar-refractivity contribution >= 4 is 11.7 Å². The van der Waals surface area contributed by atoms with Crippen molar-refractivity contribution in [3.8, 4) is 22.8 Å². The SMILES string of the molecule is CC(C)(C)c1noc(CCC(=O)Nc2cccc(-c3ccc4c(c3)OCCO4)n2)n1. The van der Waals surface area contributed by atoms with Gasteiger partial charge in [0.2, 0.25) is 11.8 Å². The van der Waals surface area contributed by atoms with Gasteiger partial charge in [-0.05, 0) is 30.3 Å². The van der Waals surface area contributed by atoms with E-state index in [1.54, 1.807) is 6.07 Å². The number of hydrogen-bond donors (Lipinski definition) is 1. The summed E-state index contributed by atoms with van der Waals surface area (Å²) in [6.07, 6.45) is 0.596. The van der Waals surface area contributed by atoms with Crippen LogP contribution in [0.5, 0.6) is 11.5 Å². The number of carbonyl (C=O) groups is 1. The molecule has 30 heavy (non-hydrogen) atoms. The molecule has 1 N–H and O–H groups in total. The van der Waals surface area contributed by atoms with Crippen LogP contribution in [0.3, 0.4) is 0 Å². The summed E-state index contributed by atoms with van der Waals surface area (Å²) in [7, 11) is 0. The van der Waals surface area contributed by atoms with E-state index in [9.17, 15) is 4.79 Å². The molecule has 2 aromatic heterocycles. The molecule has 8 heteroatoms. The van der Waals surface area contributed by atoms with Crippen molar-refractivity contribution in [3.05, 3.63) is 48.1 Å². The topological polar surface area (TPSA) is 99.4 Å². The van der Waals surface area contributed by atoms with Crippen molar-refractivity contribution in [3.63, 3.8) is 0 Å². The highest BCUT2D eigenvalue weighted by atomic mass is 16.6. The highest BCUT2D eigenvalue weighted by Crippen LogP contribution is 2.34. The van der Waals surface area contributed by atoms with Gasteiger partial charge in [0.1, 0.15) is 19.0 Å². The summed E-state index contributed by atoms with van der Waals surface area (Å²) in [4.78, 5) is 21.2. The first-order chi connectivity index (χ1) is 14.4. The summed E-state index contributed by atoms with van der Waals surface area (Å²) >= 11 is 0. The molecule has 0 saturated carbocycles. The van der Waals surface area contributed by atoms with Crippen LogP contribution in [0.25, 0.3) is 11.3 Å². The van der Waals surface area contributed by atoms with Crippen LogP contribution in [0.1, 0.15) is 38.9 Å². The van der Waals surface area contributed by atoms with Gasteiger partial charge in [-0.3, -0.25) is 4.79 Å². The van der Waals surface area contributed by atoms with Crippen LogP contribution in [0.2, 0.25) is 0 Å². The first kappa shape index (κ1) is 19.9. The number of fused-ring (bicyclic) bond motifs is 1. The molecule has 1 aliphatic rings. The number of aromatic nitrogens is 3. The summed E-state index contributed by atoms with van der Waals surface area (Å²) in [5.74, 6) is 2.82. The van der Waals surface area contributed by atoms with Crippen molar-refractivity contribution in [2.75, 3.05) is 18.5 Å². The van der Waals surface area contributed by atoms with Gasteiger partial charge < -0.3 is 19.3 Å². The first-order valence-corrected chi connectivity index (χ1v) is 9.88. The summed E-state index contributed by atoms with van der Waals surface area (Å²) in [6.45, 7) is 7.10. The predicted molar refractivity (Wildman–Crippen MR) is 111 cm³/mol. The second-order valence-electron chi connectivity index (χ2n) is 8.08. The molecule has 4 rings (SSSR count). The Labute approximate surface area is 174 Å². The second-order valence-corrected chi connectivity index (χ2v) is 8.08. The Morgan fingerprint density at radius 1 is 1.07 bits per heavy atom. The summed E-state index contributed by atoms with van der Waals surface area (Å²) in [5, 5.41) is 6.80. The Balaban J connectivity index is 1.39. The van der Waals surface area contributed by atoms with Gasteiger partial charge in [0.05, 0.1) is 5.69 Å². The Hall–Kier alpha value is -3.42. The first-order valence-electron chi connectivity index (χ1n) is 9.88. The molecule has 0 fully saturated rings. The highest BCUT2D eigenvalue weighted by molar-refractivity contribution is 5.90. The van der Waals surface area contributed by atoms with Gasteiger partial charge in [0.25, 0.3) is 0 Å². The van der Waals surface area contributed by atoms with Crippen LogP contribution in [-0.4, -0.2) is 34.2 Å². The van der Waals surface area contributed by atoms with E-state index in [0.717, 1.165) is 17.0 Å². The number of rotatable bonds is 5. The number of hydrogen-bond acceptors (Lipinski definition) is 7. The molecular weight excluding hydrogens is 384 g/mol. The summed E-state index contributed by atoms with van der Waals surface area (Å²) < 4.78 is 16.4. The monoisotopic (exact) mass is 408 g/mol. The average Bonchev–Trinajstić information content (AvgIpc) is 3.22. The van der Waals surface area contributed by atoms with Gasteiger partial charge in [-0.25, -0.2) is 4.98 Å². The molecule has 0 saturated heterocycles. The van der Waals surface area contributed by atoms with E-state index in [1.165, 1.54) is 0 Å². The molecule has 0 atom stereocenters. The lowest BCUT2D eigenvalue weighted by molar-refractivity contribution is -0.116. The Morgan fingerprint density at radius 2 is 1.87 bits per heavy atom. The third-order valence-corrected chi connectivity index (χ3v) is 4.56. The smallest absolute Gasteiger partial charge is 0.227 e. The number of amides is 1. The average molecular weight is 408 g/mol. The van der Waals surface area contributed by atoms with Gasteiger partial charge in [-0.1, -0.05) is 32.0 Å². The Morgan fingerprint density at radius 3 is 2.63 bits per heavy atom. The largest absolute Gasteiger partial charge is 0.486 e. The van der Waals surface area contributed by atoms with E-state index in [0.29, 0.717) is 42.9 Å². The second kappa shape index (κ2) is 8.14. The number of pyridine rings is 1. The summed E-state index contributed by atoms with van der Waals surface area (Å²) in [5.41, 5.74) is 1.43. The number of carbonyl (C=O) groups excluding carboxylic acids is 1. The zero-order valence-electron chi connectivity index (χ0n) is 17.3. The van der Waals surface area contributed by atoms with E-state index in [2.05, 4.69) is 20.4 Å². The number of nitrogens with zero attached hydrogens (tertiary/aromatic N) is 3. The number of nitrogens with one attached hydrogen (secondary N) is 1. The maximum atomic E-state index is 12.4. The Kier molecular flexibility index (Phi) is 5.39. The van der Waals surface area contributed by atoms with Crippen molar-refractivity contribution < 1.29 is 18.8 Å². The van der Waals surface area contributed by atoms with Crippen LogP contribution in [0.15, 0.2) is 40.9 Å². The van der Waals surface area contributed by atoms with E-state index in [4.69, 9.17) is 14.0 Å². The zero-order chi connectivity index (χ0) is 21.1. The van der Waals surface area contributed by atoms with Gasteiger partial charge >= 0.3 is 0 Å². The lowest BCUT2D eigenvalue weighted by Gasteiger charge is -2.18. The minimum atomic E-state index is -0.192. The molecule has 0 spiro atoms. The Bertz CT molecular complexity index is 1060. The van der Waals surface area contributed by atoms with E-state index < -0.39 is 0 Å². The van der Waals surface area contributed by atoms with Crippen LogP contribution < -0.4 is 14.8 Å². The maximum absolute atomic E-state index is 12.4. The highest BCUT2D eigenvalue weighted by Gasteiger charge is 2.21. The minimum absolute atomic E-state index is 0.169. The molecule has 3 heterocycles.